The molecule has 0 aromatic carbocycles. The normalized spacial score (nSPS) is 13.1. The molecule has 9 heteroatoms. The van der Waals surface area contributed by atoms with Gasteiger partial charge in [0.15, 0.2) is 0 Å². The maximum atomic E-state index is 11.7. The zero-order valence-corrected chi connectivity index (χ0v) is 9.57. The fourth-order valence-electron chi connectivity index (χ4n) is 0.598. The van der Waals surface area contributed by atoms with Gasteiger partial charge >= 0.3 is 6.18 Å². The molecule has 96 valence electrons. The molecule has 0 radical (unpaired) electrons. The summed E-state index contributed by atoms with van der Waals surface area (Å²) in [6, 6.07) is 0. The highest BCUT2D eigenvalue weighted by Crippen LogP contribution is 2.12. The van der Waals surface area contributed by atoms with Gasteiger partial charge in [-0.25, -0.2) is 0 Å². The van der Waals surface area contributed by atoms with Crippen LogP contribution in [0.25, 0.3) is 0 Å². The molecule has 0 aromatic heterocycles. The van der Waals surface area contributed by atoms with E-state index >= 15 is 0 Å². The summed E-state index contributed by atoms with van der Waals surface area (Å²) >= 11 is 0. The highest BCUT2D eigenvalue weighted by molar-refractivity contribution is 7.87. The van der Waals surface area contributed by atoms with Crippen LogP contribution >= 0.6 is 0 Å². The predicted molar refractivity (Wildman–Crippen MR) is 50.8 cm³/mol. The van der Waals surface area contributed by atoms with E-state index in [9.17, 15) is 26.4 Å². The molecule has 0 spiro atoms. The molecule has 0 atom stereocenters. The number of hydrogen-bond donors (Lipinski definition) is 2. The average Bonchev–Trinajstić information content (AvgIpc) is 2.10. The third kappa shape index (κ3) is 7.60. The van der Waals surface area contributed by atoms with Gasteiger partial charge in [-0.05, 0) is 0 Å². The molecule has 0 unspecified atom stereocenters. The van der Waals surface area contributed by atoms with E-state index < -0.39 is 35.3 Å². The van der Waals surface area contributed by atoms with Crippen molar-refractivity contribution in [3.05, 3.63) is 0 Å². The summed E-state index contributed by atoms with van der Waals surface area (Å²) in [7, 11) is -4.28. The summed E-state index contributed by atoms with van der Waals surface area (Å²) in [5.74, 6) is -0.789. The minimum absolute atomic E-state index is 0.384. The van der Waals surface area contributed by atoms with Gasteiger partial charge in [0.25, 0.3) is 10.2 Å². The minimum atomic E-state index is -4.63. The van der Waals surface area contributed by atoms with Crippen LogP contribution in [0.4, 0.5) is 13.2 Å². The van der Waals surface area contributed by atoms with Crippen LogP contribution < -0.4 is 9.44 Å². The van der Waals surface area contributed by atoms with Gasteiger partial charge in [-0.3, -0.25) is 4.79 Å². The molecule has 0 fully saturated rings. The van der Waals surface area contributed by atoms with Crippen LogP contribution in [-0.2, 0) is 15.0 Å². The number of rotatable bonds is 6. The Bertz CT molecular complexity index is 337. The van der Waals surface area contributed by atoms with Gasteiger partial charge in [0, 0.05) is 5.92 Å². The Morgan fingerprint density at radius 1 is 1.25 bits per heavy atom. The summed E-state index contributed by atoms with van der Waals surface area (Å²) in [5, 5.41) is 0. The molecule has 0 rings (SSSR count). The van der Waals surface area contributed by atoms with Crippen LogP contribution in [0.1, 0.15) is 13.8 Å². The van der Waals surface area contributed by atoms with Crippen molar-refractivity contribution in [1.29, 1.82) is 0 Å². The first-order chi connectivity index (χ1) is 7.03. The maximum absolute atomic E-state index is 11.7. The molecule has 0 bridgehead atoms. The Balaban J connectivity index is 4.12. The Hall–Kier alpha value is -0.670. The van der Waals surface area contributed by atoms with Gasteiger partial charge in [-0.15, -0.1) is 0 Å². The van der Waals surface area contributed by atoms with Crippen molar-refractivity contribution in [2.45, 2.75) is 20.0 Å². The van der Waals surface area contributed by atoms with Crippen LogP contribution in [-0.4, -0.2) is 33.5 Å². The number of halogens is 3. The molecular formula is C7H13F3N2O3S. The van der Waals surface area contributed by atoms with Gasteiger partial charge in [-0.2, -0.15) is 31.0 Å². The number of carbonyl (C=O) groups is 1. The zero-order valence-electron chi connectivity index (χ0n) is 8.76. The van der Waals surface area contributed by atoms with Crippen molar-refractivity contribution in [2.24, 2.45) is 5.92 Å². The van der Waals surface area contributed by atoms with E-state index in [4.69, 9.17) is 0 Å². The number of carbonyl (C=O) groups excluding carboxylic acids is 1. The third-order valence-corrected chi connectivity index (χ3v) is 2.59. The molecule has 0 aliphatic carbocycles. The molecule has 0 saturated heterocycles. The van der Waals surface area contributed by atoms with Gasteiger partial charge in [0.05, 0.1) is 6.54 Å². The SMILES string of the molecule is CC(C)C(=O)CNS(=O)(=O)NCC(F)(F)F. The second-order valence-electron chi connectivity index (χ2n) is 3.38. The Morgan fingerprint density at radius 3 is 2.12 bits per heavy atom. The predicted octanol–water partition coefficient (Wildman–Crippen LogP) is 0.198. The van der Waals surface area contributed by atoms with Gasteiger partial charge in [0.1, 0.15) is 12.3 Å². The smallest absolute Gasteiger partial charge is 0.298 e. The van der Waals surface area contributed by atoms with Crippen molar-refractivity contribution >= 4 is 16.0 Å². The fraction of sp³-hybridized carbons (Fsp3) is 0.857. The van der Waals surface area contributed by atoms with Gasteiger partial charge in [0.2, 0.25) is 0 Å². The van der Waals surface area contributed by atoms with Crippen LogP contribution in [0.15, 0.2) is 0 Å². The number of Topliss-reactive ketones (excluding diaryl/α,β-unsaturated/α-hetero) is 1. The number of nitrogens with one attached hydrogen (secondary N) is 2. The fourth-order valence-corrected chi connectivity index (χ4v) is 1.39. The molecule has 0 amide bonds. The molecule has 0 aliphatic heterocycles. The summed E-state index contributed by atoms with van der Waals surface area (Å²) < 4.78 is 59.9. The van der Waals surface area contributed by atoms with Crippen molar-refractivity contribution in [3.63, 3.8) is 0 Å². The number of alkyl halides is 3. The van der Waals surface area contributed by atoms with Crippen molar-refractivity contribution < 1.29 is 26.4 Å². The van der Waals surface area contributed by atoms with Crippen LogP contribution in [0.3, 0.4) is 0 Å². The van der Waals surface area contributed by atoms with E-state index in [1.165, 1.54) is 4.72 Å². The van der Waals surface area contributed by atoms with E-state index in [-0.39, 0.29) is 5.92 Å². The van der Waals surface area contributed by atoms with E-state index in [0.29, 0.717) is 0 Å². The lowest BCUT2D eigenvalue weighted by Crippen LogP contribution is -2.43. The van der Waals surface area contributed by atoms with E-state index in [1.54, 1.807) is 18.6 Å². The quantitative estimate of drug-likeness (QED) is 0.718. The first kappa shape index (κ1) is 15.3. The summed E-state index contributed by atoms with van der Waals surface area (Å²) in [4.78, 5) is 11.0. The summed E-state index contributed by atoms with van der Waals surface area (Å²) in [6.45, 7) is 0.919. The average molecular weight is 262 g/mol. The van der Waals surface area contributed by atoms with Crippen molar-refractivity contribution in [1.82, 2.24) is 9.44 Å². The second kappa shape index (κ2) is 5.60. The van der Waals surface area contributed by atoms with E-state index in [0.717, 1.165) is 0 Å². The second-order valence-corrected chi connectivity index (χ2v) is 4.97. The lowest BCUT2D eigenvalue weighted by Gasteiger charge is -2.10. The standard InChI is InChI=1S/C7H13F3N2O3S/c1-5(2)6(13)3-11-16(14,15)12-4-7(8,9)10/h5,11-12H,3-4H2,1-2H3. The first-order valence-corrected chi connectivity index (χ1v) is 5.85. The lowest BCUT2D eigenvalue weighted by molar-refractivity contribution is -0.121. The third-order valence-electron chi connectivity index (χ3n) is 1.54. The van der Waals surface area contributed by atoms with E-state index in [1.807, 2.05) is 0 Å². The van der Waals surface area contributed by atoms with Crippen molar-refractivity contribution in [3.8, 4) is 0 Å². The molecule has 0 heterocycles. The van der Waals surface area contributed by atoms with Gasteiger partial charge in [-0.1, -0.05) is 13.8 Å². The Labute approximate surface area is 91.6 Å². The molecule has 2 N–H and O–H groups in total. The molecule has 5 nitrogen and oxygen atoms in total. The summed E-state index contributed by atoms with van der Waals surface area (Å²) in [6.07, 6.45) is -4.63. The summed E-state index contributed by atoms with van der Waals surface area (Å²) in [5.41, 5.74) is 0. The minimum Gasteiger partial charge on any atom is -0.298 e. The molecule has 16 heavy (non-hydrogen) atoms. The monoisotopic (exact) mass is 262 g/mol. The van der Waals surface area contributed by atoms with Crippen LogP contribution in [0.2, 0.25) is 0 Å². The van der Waals surface area contributed by atoms with Crippen LogP contribution in [0.5, 0.6) is 0 Å². The number of ketones is 1. The van der Waals surface area contributed by atoms with E-state index in [2.05, 4.69) is 0 Å². The Kier molecular flexibility index (Phi) is 5.36. The lowest BCUT2D eigenvalue weighted by atomic mass is 10.1. The largest absolute Gasteiger partial charge is 0.402 e. The van der Waals surface area contributed by atoms with Gasteiger partial charge < -0.3 is 0 Å². The highest BCUT2D eigenvalue weighted by Gasteiger charge is 2.29. The Morgan fingerprint density at radius 2 is 1.75 bits per heavy atom. The molecular weight excluding hydrogens is 249 g/mol. The molecule has 0 saturated carbocycles. The highest BCUT2D eigenvalue weighted by atomic mass is 32.2. The first-order valence-electron chi connectivity index (χ1n) is 4.37. The molecule has 0 aliphatic rings. The molecule has 0 aromatic rings. The number of hydrogen-bond acceptors (Lipinski definition) is 3. The van der Waals surface area contributed by atoms with Crippen LogP contribution in [0, 0.1) is 5.92 Å². The van der Waals surface area contributed by atoms with Crippen molar-refractivity contribution in [2.75, 3.05) is 13.1 Å². The maximum Gasteiger partial charge on any atom is 0.402 e. The topological polar surface area (TPSA) is 75.3 Å². The zero-order chi connectivity index (χ0) is 13.0.